The summed E-state index contributed by atoms with van der Waals surface area (Å²) in [5, 5.41) is 9.33. The fourth-order valence-corrected chi connectivity index (χ4v) is 4.43. The number of nitrogens with one attached hydrogen (secondary N) is 4. The zero-order chi connectivity index (χ0) is 24.3. The van der Waals surface area contributed by atoms with Crippen molar-refractivity contribution in [3.63, 3.8) is 0 Å². The number of carbonyl (C=O) groups excluding carboxylic acids is 2. The van der Waals surface area contributed by atoms with Crippen molar-refractivity contribution >= 4 is 45.2 Å². The second-order valence-corrected chi connectivity index (χ2v) is 10.1. The lowest BCUT2D eigenvalue weighted by Gasteiger charge is -2.30. The maximum absolute atomic E-state index is 12.8. The lowest BCUT2D eigenvalue weighted by Crippen LogP contribution is -2.48. The van der Waals surface area contributed by atoms with Gasteiger partial charge in [-0.2, -0.15) is 0 Å². The molecule has 180 valence electrons. The molecule has 0 radical (unpaired) electrons. The number of halogens is 1. The van der Waals surface area contributed by atoms with Crippen LogP contribution in [0.4, 0.5) is 10.5 Å². The first-order chi connectivity index (χ1) is 16.2. The number of rotatable bonds is 4. The third-order valence-electron chi connectivity index (χ3n) is 6.25. The van der Waals surface area contributed by atoms with Gasteiger partial charge in [-0.15, -0.1) is 4.99 Å². The Bertz CT molecular complexity index is 1140. The molecule has 1 aromatic heterocycles. The van der Waals surface area contributed by atoms with Crippen molar-refractivity contribution in [2.75, 3.05) is 25.5 Å². The van der Waals surface area contributed by atoms with Gasteiger partial charge in [0.15, 0.2) is 5.82 Å². The molecular weight excluding hydrogens is 500 g/mol. The van der Waals surface area contributed by atoms with Gasteiger partial charge in [-0.1, -0.05) is 26.0 Å². The third-order valence-corrected chi connectivity index (χ3v) is 6.66. The number of hydrogen-bond donors (Lipinski definition) is 4. The highest BCUT2D eigenvalue weighted by Crippen LogP contribution is 2.40. The van der Waals surface area contributed by atoms with E-state index in [1.54, 1.807) is 6.20 Å². The van der Waals surface area contributed by atoms with Crippen molar-refractivity contribution in [3.05, 3.63) is 52.0 Å². The molecule has 4 rings (SSSR count). The lowest BCUT2D eigenvalue weighted by atomic mass is 9.76. The SMILES string of the molecule is COC(=O)N=C1NCC(c2ccc(NC(=O)c3nc(Br)c[nH]3)c(C3=CCC(C)(C)CC3)c2)CN1. The number of carbonyl (C=O) groups is 2. The van der Waals surface area contributed by atoms with Crippen LogP contribution in [-0.4, -0.2) is 48.1 Å². The summed E-state index contributed by atoms with van der Waals surface area (Å²) >= 11 is 3.27. The number of methoxy groups -OCH3 is 1. The van der Waals surface area contributed by atoms with Crippen LogP contribution < -0.4 is 16.0 Å². The second-order valence-electron chi connectivity index (χ2n) is 9.32. The second kappa shape index (κ2) is 10.0. The zero-order valence-electron chi connectivity index (χ0n) is 19.5. The Morgan fingerprint density at radius 1 is 1.26 bits per heavy atom. The van der Waals surface area contributed by atoms with Crippen LogP contribution >= 0.6 is 15.9 Å². The maximum Gasteiger partial charge on any atom is 0.436 e. The molecule has 0 saturated carbocycles. The van der Waals surface area contributed by atoms with Crippen LogP contribution in [0.3, 0.4) is 0 Å². The molecule has 4 N–H and O–H groups in total. The minimum atomic E-state index is -0.647. The number of imidazole rings is 1. The highest BCUT2D eigenvalue weighted by atomic mass is 79.9. The number of benzene rings is 1. The average molecular weight is 529 g/mol. The van der Waals surface area contributed by atoms with Crippen molar-refractivity contribution in [3.8, 4) is 0 Å². The zero-order valence-corrected chi connectivity index (χ0v) is 21.1. The molecule has 2 heterocycles. The Labute approximate surface area is 207 Å². The van der Waals surface area contributed by atoms with Crippen LogP contribution in [0.2, 0.25) is 0 Å². The fourth-order valence-electron chi connectivity index (χ4n) is 4.13. The van der Waals surface area contributed by atoms with E-state index < -0.39 is 6.09 Å². The summed E-state index contributed by atoms with van der Waals surface area (Å²) in [5.74, 6) is 0.538. The number of hydrogen-bond acceptors (Lipinski definition) is 4. The van der Waals surface area contributed by atoms with Crippen LogP contribution in [-0.2, 0) is 4.74 Å². The molecule has 0 atom stereocenters. The molecule has 2 aromatic rings. The number of aromatic amines is 1. The largest absolute Gasteiger partial charge is 0.451 e. The lowest BCUT2D eigenvalue weighted by molar-refractivity contribution is 0.101. The summed E-state index contributed by atoms with van der Waals surface area (Å²) in [4.78, 5) is 35.0. The maximum atomic E-state index is 12.8. The molecular formula is C24H29BrN6O3. The molecule has 1 aromatic carbocycles. The summed E-state index contributed by atoms with van der Waals surface area (Å²) in [6.07, 6.45) is 6.30. The van der Waals surface area contributed by atoms with Crippen molar-refractivity contribution in [1.82, 2.24) is 20.6 Å². The van der Waals surface area contributed by atoms with Crippen LogP contribution in [0.1, 0.15) is 60.8 Å². The van der Waals surface area contributed by atoms with Gasteiger partial charge in [0, 0.05) is 36.5 Å². The van der Waals surface area contributed by atoms with Gasteiger partial charge in [-0.05, 0) is 63.9 Å². The molecule has 0 unspecified atom stereocenters. The van der Waals surface area contributed by atoms with E-state index in [1.165, 1.54) is 12.7 Å². The monoisotopic (exact) mass is 528 g/mol. The van der Waals surface area contributed by atoms with Gasteiger partial charge in [0.1, 0.15) is 4.60 Å². The summed E-state index contributed by atoms with van der Waals surface area (Å²) in [6, 6.07) is 6.15. The van der Waals surface area contributed by atoms with Crippen molar-refractivity contribution in [1.29, 1.82) is 0 Å². The standard InChI is InChI=1S/C24H29BrN6O3/c1-24(2)8-6-14(7-9-24)17-10-15(16-11-27-22(28-12-16)31-23(33)34-3)4-5-18(17)29-21(32)20-26-13-19(25)30-20/h4-6,10,13,16H,7-9,11-12H2,1-3H3,(H,26,30)(H,29,32)(H2,27,28,31,33). The number of aliphatic imine (C=N–C) groups is 1. The number of anilines is 1. The van der Waals surface area contributed by atoms with Gasteiger partial charge < -0.3 is 25.7 Å². The van der Waals surface area contributed by atoms with Crippen molar-refractivity contribution < 1.29 is 14.3 Å². The molecule has 2 aliphatic rings. The van der Waals surface area contributed by atoms with E-state index in [0.29, 0.717) is 23.7 Å². The Morgan fingerprint density at radius 2 is 2.03 bits per heavy atom. The van der Waals surface area contributed by atoms with E-state index in [-0.39, 0.29) is 23.1 Å². The number of nitrogens with zero attached hydrogens (tertiary/aromatic N) is 2. The average Bonchev–Trinajstić information content (AvgIpc) is 3.26. The van der Waals surface area contributed by atoms with E-state index in [0.717, 1.165) is 36.1 Å². The first kappa shape index (κ1) is 24.0. The Balaban J connectivity index is 1.59. The molecule has 0 spiro atoms. The van der Waals surface area contributed by atoms with Gasteiger partial charge >= 0.3 is 6.09 Å². The van der Waals surface area contributed by atoms with Crippen LogP contribution in [0, 0.1) is 5.41 Å². The predicted octanol–water partition coefficient (Wildman–Crippen LogP) is 4.42. The first-order valence-corrected chi connectivity index (χ1v) is 12.0. The van der Waals surface area contributed by atoms with E-state index in [4.69, 9.17) is 0 Å². The number of guanidine groups is 1. The number of aromatic nitrogens is 2. The van der Waals surface area contributed by atoms with Crippen LogP contribution in [0.15, 0.2) is 40.1 Å². The van der Waals surface area contributed by atoms with E-state index in [2.05, 4.69) is 77.6 Å². The highest BCUT2D eigenvalue weighted by Gasteiger charge is 2.25. The fraction of sp³-hybridized carbons (Fsp3) is 0.417. The minimum absolute atomic E-state index is 0.168. The third kappa shape index (κ3) is 5.67. The number of ether oxygens (including phenoxy) is 1. The topological polar surface area (TPSA) is 120 Å². The van der Waals surface area contributed by atoms with Gasteiger partial charge in [-0.3, -0.25) is 4.79 Å². The number of allylic oxidation sites excluding steroid dienone is 2. The van der Waals surface area contributed by atoms with E-state index in [1.807, 2.05) is 12.1 Å². The molecule has 1 fully saturated rings. The predicted molar refractivity (Wildman–Crippen MR) is 135 cm³/mol. The molecule has 1 aliphatic heterocycles. The summed E-state index contributed by atoms with van der Waals surface area (Å²) in [5.41, 5.74) is 4.44. The van der Waals surface area contributed by atoms with E-state index in [9.17, 15) is 9.59 Å². The summed E-state index contributed by atoms with van der Waals surface area (Å²) < 4.78 is 5.16. The summed E-state index contributed by atoms with van der Waals surface area (Å²) in [6.45, 7) is 5.81. The smallest absolute Gasteiger partial charge is 0.436 e. The number of H-pyrrole nitrogens is 1. The molecule has 1 saturated heterocycles. The Morgan fingerprint density at radius 3 is 2.65 bits per heavy atom. The van der Waals surface area contributed by atoms with Crippen LogP contribution in [0.5, 0.6) is 0 Å². The van der Waals surface area contributed by atoms with Gasteiger partial charge in [0.05, 0.1) is 7.11 Å². The minimum Gasteiger partial charge on any atom is -0.451 e. The van der Waals surface area contributed by atoms with Crippen LogP contribution in [0.25, 0.3) is 5.57 Å². The van der Waals surface area contributed by atoms with Gasteiger partial charge in [0.25, 0.3) is 5.91 Å². The molecule has 1 aliphatic carbocycles. The molecule has 10 heteroatoms. The first-order valence-electron chi connectivity index (χ1n) is 11.2. The Hall–Kier alpha value is -3.14. The molecule has 0 bridgehead atoms. The summed E-state index contributed by atoms with van der Waals surface area (Å²) in [7, 11) is 1.30. The highest BCUT2D eigenvalue weighted by molar-refractivity contribution is 9.10. The Kier molecular flexibility index (Phi) is 7.06. The van der Waals surface area contributed by atoms with Crippen molar-refractivity contribution in [2.24, 2.45) is 10.4 Å². The van der Waals surface area contributed by atoms with E-state index >= 15 is 0 Å². The number of amides is 2. The normalized spacial score (nSPS) is 19.4. The molecule has 34 heavy (non-hydrogen) atoms. The van der Waals surface area contributed by atoms with Gasteiger partial charge in [-0.25, -0.2) is 9.78 Å². The van der Waals surface area contributed by atoms with Gasteiger partial charge in [0.2, 0.25) is 5.96 Å². The quantitative estimate of drug-likeness (QED) is 0.466. The molecule has 2 amide bonds. The molecule has 9 nitrogen and oxygen atoms in total. The van der Waals surface area contributed by atoms with Crippen molar-refractivity contribution in [2.45, 2.75) is 39.0 Å².